The molecule has 1 aromatic heterocycles. The summed E-state index contributed by atoms with van der Waals surface area (Å²) in [5, 5.41) is 0.936. The maximum Gasteiger partial charge on any atom is 0.168 e. The average Bonchev–Trinajstić information content (AvgIpc) is 3.09. The number of aromatic nitrogens is 1. The lowest BCUT2D eigenvalue weighted by molar-refractivity contribution is 0.0969. The summed E-state index contributed by atoms with van der Waals surface area (Å²) >= 11 is 0. The number of ether oxygens (including phenoxy) is 1. The smallest absolute Gasteiger partial charge is 0.168 e. The molecule has 0 atom stereocenters. The third-order valence-corrected chi connectivity index (χ3v) is 3.18. The highest BCUT2D eigenvalue weighted by atomic mass is 16.5. The van der Waals surface area contributed by atoms with Gasteiger partial charge in [0, 0.05) is 23.2 Å². The number of hydrogen-bond donors (Lipinski definition) is 1. The molecule has 1 N–H and O–H groups in total. The van der Waals surface area contributed by atoms with Gasteiger partial charge >= 0.3 is 0 Å². The molecule has 1 fully saturated rings. The molecule has 0 saturated heterocycles. The van der Waals surface area contributed by atoms with Gasteiger partial charge in [-0.2, -0.15) is 0 Å². The van der Waals surface area contributed by atoms with Crippen molar-refractivity contribution >= 4 is 16.7 Å². The number of ketones is 1. The van der Waals surface area contributed by atoms with E-state index >= 15 is 0 Å². The largest absolute Gasteiger partial charge is 0.493 e. The van der Waals surface area contributed by atoms with Crippen molar-refractivity contribution in [1.29, 1.82) is 0 Å². The fourth-order valence-electron chi connectivity index (χ4n) is 2.19. The summed E-state index contributed by atoms with van der Waals surface area (Å²) in [6, 6.07) is 5.83. The highest BCUT2D eigenvalue weighted by Crippen LogP contribution is 2.37. The highest BCUT2D eigenvalue weighted by molar-refractivity contribution is 6.11. The molecule has 0 radical (unpaired) electrons. The molecule has 0 unspecified atom stereocenters. The number of benzene rings is 1. The second-order valence-electron chi connectivity index (χ2n) is 4.45. The maximum absolute atomic E-state index is 12.2. The molecule has 0 aliphatic heterocycles. The quantitative estimate of drug-likeness (QED) is 0.818. The Hall–Kier alpha value is -1.77. The second-order valence-corrected chi connectivity index (χ2v) is 4.45. The fraction of sp³-hybridized carbons (Fsp3) is 0.357. The average molecular weight is 229 g/mol. The molecular formula is C14H15NO2. The number of carbonyl (C=O) groups excluding carboxylic acids is 1. The summed E-state index contributed by atoms with van der Waals surface area (Å²) in [7, 11) is 0. The van der Waals surface area contributed by atoms with E-state index in [9.17, 15) is 4.79 Å². The Morgan fingerprint density at radius 2 is 2.29 bits per heavy atom. The molecule has 88 valence electrons. The first-order chi connectivity index (χ1) is 8.31. The van der Waals surface area contributed by atoms with Gasteiger partial charge in [-0.1, -0.05) is 6.07 Å². The molecule has 1 aliphatic carbocycles. The van der Waals surface area contributed by atoms with Crippen LogP contribution in [-0.2, 0) is 0 Å². The third kappa shape index (κ3) is 1.71. The number of Topliss-reactive ketones (excluding diaryl/α,β-unsaturated/α-hetero) is 1. The van der Waals surface area contributed by atoms with Gasteiger partial charge < -0.3 is 9.72 Å². The third-order valence-electron chi connectivity index (χ3n) is 3.18. The van der Waals surface area contributed by atoms with Gasteiger partial charge in [0.05, 0.1) is 12.0 Å². The summed E-state index contributed by atoms with van der Waals surface area (Å²) < 4.78 is 5.60. The van der Waals surface area contributed by atoms with E-state index in [0.29, 0.717) is 6.61 Å². The van der Waals surface area contributed by atoms with E-state index in [1.165, 1.54) is 0 Å². The zero-order valence-electron chi connectivity index (χ0n) is 9.82. The van der Waals surface area contributed by atoms with Crippen LogP contribution in [0.25, 0.3) is 10.9 Å². The van der Waals surface area contributed by atoms with Gasteiger partial charge in [0.25, 0.3) is 0 Å². The second kappa shape index (κ2) is 3.91. The molecule has 2 aromatic rings. The monoisotopic (exact) mass is 229 g/mol. The van der Waals surface area contributed by atoms with Crippen LogP contribution in [0.2, 0.25) is 0 Å². The van der Waals surface area contributed by atoms with E-state index in [-0.39, 0.29) is 11.7 Å². The predicted molar refractivity (Wildman–Crippen MR) is 66.5 cm³/mol. The molecule has 17 heavy (non-hydrogen) atoms. The van der Waals surface area contributed by atoms with Gasteiger partial charge in [-0.05, 0) is 31.9 Å². The van der Waals surface area contributed by atoms with Crippen LogP contribution in [-0.4, -0.2) is 17.4 Å². The summed E-state index contributed by atoms with van der Waals surface area (Å²) in [4.78, 5) is 15.3. The zero-order valence-corrected chi connectivity index (χ0v) is 9.82. The molecule has 1 aliphatic rings. The van der Waals surface area contributed by atoms with Crippen molar-refractivity contribution < 1.29 is 9.53 Å². The summed E-state index contributed by atoms with van der Waals surface area (Å²) in [6.45, 7) is 2.56. The Labute approximate surface area is 99.8 Å². The van der Waals surface area contributed by atoms with E-state index in [1.807, 2.05) is 31.3 Å². The Morgan fingerprint density at radius 3 is 3.00 bits per heavy atom. The van der Waals surface area contributed by atoms with Gasteiger partial charge in [-0.3, -0.25) is 4.79 Å². The van der Waals surface area contributed by atoms with Gasteiger partial charge in [0.2, 0.25) is 0 Å². The molecule has 1 heterocycles. The first-order valence-electron chi connectivity index (χ1n) is 6.08. The molecule has 3 nitrogen and oxygen atoms in total. The van der Waals surface area contributed by atoms with E-state index in [1.54, 1.807) is 0 Å². The van der Waals surface area contributed by atoms with Crippen LogP contribution >= 0.6 is 0 Å². The maximum atomic E-state index is 12.2. The van der Waals surface area contributed by atoms with Crippen molar-refractivity contribution in [1.82, 2.24) is 4.98 Å². The summed E-state index contributed by atoms with van der Waals surface area (Å²) in [6.07, 6.45) is 3.87. The van der Waals surface area contributed by atoms with Gasteiger partial charge in [-0.15, -0.1) is 0 Å². The minimum Gasteiger partial charge on any atom is -0.493 e. The van der Waals surface area contributed by atoms with E-state index < -0.39 is 0 Å². The Bertz CT molecular complexity index is 567. The molecular weight excluding hydrogens is 214 g/mol. The zero-order chi connectivity index (χ0) is 11.8. The molecule has 3 heteroatoms. The van der Waals surface area contributed by atoms with E-state index in [4.69, 9.17) is 4.74 Å². The first kappa shape index (κ1) is 10.4. The standard InChI is InChI=1S/C14H15NO2/c1-2-17-12-5-3-4-11-13(12)10(8-15-11)14(16)9-6-7-9/h3-5,8-9,15H,2,6-7H2,1H3. The Kier molecular flexibility index (Phi) is 2.39. The molecule has 0 spiro atoms. The Morgan fingerprint density at radius 1 is 1.47 bits per heavy atom. The van der Waals surface area contributed by atoms with Crippen molar-refractivity contribution in [2.24, 2.45) is 5.92 Å². The minimum absolute atomic E-state index is 0.240. The van der Waals surface area contributed by atoms with Crippen LogP contribution < -0.4 is 4.74 Å². The number of aromatic amines is 1. The van der Waals surface area contributed by atoms with Crippen molar-refractivity contribution in [2.45, 2.75) is 19.8 Å². The van der Waals surface area contributed by atoms with Crippen molar-refractivity contribution in [3.63, 3.8) is 0 Å². The molecule has 0 bridgehead atoms. The van der Waals surface area contributed by atoms with Crippen LogP contribution in [0.1, 0.15) is 30.1 Å². The van der Waals surface area contributed by atoms with E-state index in [0.717, 1.165) is 35.1 Å². The molecule has 1 saturated carbocycles. The highest BCUT2D eigenvalue weighted by Gasteiger charge is 2.32. The molecule has 1 aromatic carbocycles. The van der Waals surface area contributed by atoms with Crippen LogP contribution in [0.3, 0.4) is 0 Å². The number of H-pyrrole nitrogens is 1. The van der Waals surface area contributed by atoms with Crippen molar-refractivity contribution in [2.75, 3.05) is 6.61 Å². The number of rotatable bonds is 4. The van der Waals surface area contributed by atoms with Crippen LogP contribution in [0.4, 0.5) is 0 Å². The van der Waals surface area contributed by atoms with Crippen LogP contribution in [0.15, 0.2) is 24.4 Å². The summed E-state index contributed by atoms with van der Waals surface area (Å²) in [5.41, 5.74) is 1.76. The van der Waals surface area contributed by atoms with Gasteiger partial charge in [0.1, 0.15) is 5.75 Å². The fourth-order valence-corrected chi connectivity index (χ4v) is 2.19. The predicted octanol–water partition coefficient (Wildman–Crippen LogP) is 3.16. The lowest BCUT2D eigenvalue weighted by atomic mass is 10.1. The minimum atomic E-state index is 0.240. The SMILES string of the molecule is CCOc1cccc2[nH]cc(C(=O)C3CC3)c12. The summed E-state index contributed by atoms with van der Waals surface area (Å²) in [5.74, 6) is 1.29. The van der Waals surface area contributed by atoms with Crippen LogP contribution in [0.5, 0.6) is 5.75 Å². The normalized spacial score (nSPS) is 15.1. The van der Waals surface area contributed by atoms with Crippen molar-refractivity contribution in [3.05, 3.63) is 30.0 Å². The van der Waals surface area contributed by atoms with Crippen LogP contribution in [0, 0.1) is 5.92 Å². The molecule has 3 rings (SSSR count). The molecule has 0 amide bonds. The number of carbonyl (C=O) groups is 1. The topological polar surface area (TPSA) is 42.1 Å². The van der Waals surface area contributed by atoms with Crippen molar-refractivity contribution in [3.8, 4) is 5.75 Å². The Balaban J connectivity index is 2.14. The first-order valence-corrected chi connectivity index (χ1v) is 6.08. The number of fused-ring (bicyclic) bond motifs is 1. The van der Waals surface area contributed by atoms with Gasteiger partial charge in [0.15, 0.2) is 5.78 Å². The number of nitrogens with one attached hydrogen (secondary N) is 1. The lowest BCUT2D eigenvalue weighted by Gasteiger charge is -2.06. The number of hydrogen-bond acceptors (Lipinski definition) is 2. The van der Waals surface area contributed by atoms with E-state index in [2.05, 4.69) is 4.98 Å². The van der Waals surface area contributed by atoms with Gasteiger partial charge in [-0.25, -0.2) is 0 Å². The lowest BCUT2D eigenvalue weighted by Crippen LogP contribution is -2.01.